The first kappa shape index (κ1) is 20.7. The number of furan rings is 1. The maximum atomic E-state index is 12.8. The molecule has 1 aliphatic rings. The molecule has 1 aliphatic heterocycles. The van der Waals surface area contributed by atoms with Crippen LogP contribution in [0.5, 0.6) is 5.75 Å². The van der Waals surface area contributed by atoms with Gasteiger partial charge in [0.05, 0.1) is 0 Å². The summed E-state index contributed by atoms with van der Waals surface area (Å²) < 4.78 is 12.5. The van der Waals surface area contributed by atoms with Crippen LogP contribution in [0.25, 0.3) is 0 Å². The summed E-state index contributed by atoms with van der Waals surface area (Å²) in [6.45, 7) is 6.45. The fourth-order valence-corrected chi connectivity index (χ4v) is 3.85. The topological polar surface area (TPSA) is 45.9 Å². The van der Waals surface area contributed by atoms with Gasteiger partial charge >= 0.3 is 0 Å². The van der Waals surface area contributed by atoms with Gasteiger partial charge in [0.1, 0.15) is 18.1 Å². The molecular formula is C24H25BrN2O3. The molecular weight excluding hydrogens is 444 g/mol. The van der Waals surface area contributed by atoms with Crippen LogP contribution in [0.1, 0.15) is 27.4 Å². The molecule has 0 spiro atoms. The minimum Gasteiger partial charge on any atom is -0.486 e. The monoisotopic (exact) mass is 468 g/mol. The number of piperazine rings is 1. The quantitative estimate of drug-likeness (QED) is 0.516. The average molecular weight is 469 g/mol. The van der Waals surface area contributed by atoms with Crippen LogP contribution in [0, 0.1) is 6.92 Å². The van der Waals surface area contributed by atoms with Crippen molar-refractivity contribution in [1.29, 1.82) is 0 Å². The summed E-state index contributed by atoms with van der Waals surface area (Å²) in [5, 5.41) is 0. The molecule has 5 nitrogen and oxygen atoms in total. The van der Waals surface area contributed by atoms with E-state index in [2.05, 4.69) is 52.0 Å². The number of amides is 1. The predicted molar refractivity (Wildman–Crippen MR) is 120 cm³/mol. The van der Waals surface area contributed by atoms with Crippen LogP contribution in [0.3, 0.4) is 0 Å². The second kappa shape index (κ2) is 9.49. The van der Waals surface area contributed by atoms with E-state index in [-0.39, 0.29) is 5.91 Å². The summed E-state index contributed by atoms with van der Waals surface area (Å²) in [6.07, 6.45) is 0. The second-order valence-electron chi connectivity index (χ2n) is 7.57. The molecule has 0 aliphatic carbocycles. The summed E-state index contributed by atoms with van der Waals surface area (Å²) in [6, 6.07) is 19.7. The van der Waals surface area contributed by atoms with E-state index >= 15 is 0 Å². The maximum absolute atomic E-state index is 12.8. The number of carbonyl (C=O) groups is 1. The Balaban J connectivity index is 1.27. The lowest BCUT2D eigenvalue weighted by atomic mass is 10.1. The van der Waals surface area contributed by atoms with E-state index < -0.39 is 0 Å². The third-order valence-electron chi connectivity index (χ3n) is 5.22. The average Bonchev–Trinajstić information content (AvgIpc) is 3.22. The Morgan fingerprint density at radius 3 is 2.53 bits per heavy atom. The zero-order valence-corrected chi connectivity index (χ0v) is 18.6. The molecule has 1 saturated heterocycles. The van der Waals surface area contributed by atoms with Gasteiger partial charge in [-0.15, -0.1) is 0 Å². The normalized spacial score (nSPS) is 14.7. The smallest absolute Gasteiger partial charge is 0.289 e. The Morgan fingerprint density at radius 1 is 1.03 bits per heavy atom. The lowest BCUT2D eigenvalue weighted by molar-refractivity contribution is 0.0594. The Bertz CT molecular complexity index is 992. The number of benzene rings is 2. The number of hydrogen-bond donors (Lipinski definition) is 0. The molecule has 0 radical (unpaired) electrons. The zero-order chi connectivity index (χ0) is 20.9. The molecule has 4 rings (SSSR count). The molecule has 156 valence electrons. The van der Waals surface area contributed by atoms with Gasteiger partial charge in [0.2, 0.25) is 0 Å². The summed E-state index contributed by atoms with van der Waals surface area (Å²) in [5.74, 6) is 1.71. The number of carbonyl (C=O) groups excluding carboxylic acids is 1. The first-order valence-corrected chi connectivity index (χ1v) is 10.9. The maximum Gasteiger partial charge on any atom is 0.289 e. The van der Waals surface area contributed by atoms with E-state index in [0.29, 0.717) is 31.2 Å². The van der Waals surface area contributed by atoms with Gasteiger partial charge in [-0.05, 0) is 48.9 Å². The van der Waals surface area contributed by atoms with Crippen LogP contribution in [-0.4, -0.2) is 41.9 Å². The minimum atomic E-state index is -0.0555. The highest BCUT2D eigenvalue weighted by Gasteiger charge is 2.24. The molecule has 0 saturated carbocycles. The van der Waals surface area contributed by atoms with Gasteiger partial charge < -0.3 is 14.1 Å². The van der Waals surface area contributed by atoms with Crippen molar-refractivity contribution in [2.24, 2.45) is 0 Å². The number of halogens is 1. The largest absolute Gasteiger partial charge is 0.486 e. The fourth-order valence-electron chi connectivity index (χ4n) is 3.59. The third kappa shape index (κ3) is 5.32. The van der Waals surface area contributed by atoms with Crippen molar-refractivity contribution in [2.75, 3.05) is 26.2 Å². The Morgan fingerprint density at radius 2 is 1.80 bits per heavy atom. The molecule has 0 N–H and O–H groups in total. The summed E-state index contributed by atoms with van der Waals surface area (Å²) in [5.41, 5.74) is 2.59. The van der Waals surface area contributed by atoms with E-state index in [1.165, 1.54) is 11.1 Å². The van der Waals surface area contributed by atoms with Crippen molar-refractivity contribution in [3.05, 3.63) is 87.8 Å². The minimum absolute atomic E-state index is 0.0555. The van der Waals surface area contributed by atoms with Crippen molar-refractivity contribution >= 4 is 21.8 Å². The summed E-state index contributed by atoms with van der Waals surface area (Å²) in [4.78, 5) is 17.1. The van der Waals surface area contributed by atoms with E-state index in [1.54, 1.807) is 12.1 Å². The predicted octanol–water partition coefficient (Wildman–Crippen LogP) is 4.89. The van der Waals surface area contributed by atoms with Gasteiger partial charge in [0.15, 0.2) is 5.76 Å². The second-order valence-corrected chi connectivity index (χ2v) is 8.48. The van der Waals surface area contributed by atoms with Crippen LogP contribution in [0.15, 0.2) is 69.6 Å². The molecule has 30 heavy (non-hydrogen) atoms. The van der Waals surface area contributed by atoms with Crippen LogP contribution < -0.4 is 4.74 Å². The first-order valence-electron chi connectivity index (χ1n) is 10.1. The highest BCUT2D eigenvalue weighted by molar-refractivity contribution is 9.10. The molecule has 6 heteroatoms. The Kier molecular flexibility index (Phi) is 6.55. The molecule has 1 aromatic heterocycles. The molecule has 0 unspecified atom stereocenters. The molecule has 1 amide bonds. The number of ether oxygens (including phenoxy) is 1. The van der Waals surface area contributed by atoms with Crippen molar-refractivity contribution in [3.63, 3.8) is 0 Å². The Hall–Kier alpha value is -2.57. The first-order chi connectivity index (χ1) is 14.6. The lowest BCUT2D eigenvalue weighted by Gasteiger charge is -2.34. The molecule has 0 bridgehead atoms. The highest BCUT2D eigenvalue weighted by Crippen LogP contribution is 2.19. The number of rotatable bonds is 6. The summed E-state index contributed by atoms with van der Waals surface area (Å²) >= 11 is 3.40. The van der Waals surface area contributed by atoms with Gasteiger partial charge in [-0.1, -0.05) is 45.8 Å². The van der Waals surface area contributed by atoms with Gasteiger partial charge in [-0.25, -0.2) is 0 Å². The van der Waals surface area contributed by atoms with Crippen molar-refractivity contribution < 1.29 is 13.9 Å². The number of aryl methyl sites for hydroxylation is 1. The number of hydrogen-bond acceptors (Lipinski definition) is 4. The van der Waals surface area contributed by atoms with Gasteiger partial charge in [-0.2, -0.15) is 0 Å². The standard InChI is InChI=1S/C24H25BrN2O3/c1-18-3-2-4-19(15-18)16-26-11-13-27(14-12-26)24(28)23-10-9-22(30-23)17-29-21-7-5-20(25)6-8-21/h2-10,15H,11-14,16-17H2,1H3. The van der Waals surface area contributed by atoms with E-state index in [9.17, 15) is 4.79 Å². The van der Waals surface area contributed by atoms with Crippen LogP contribution in [0.2, 0.25) is 0 Å². The van der Waals surface area contributed by atoms with Crippen molar-refractivity contribution in [2.45, 2.75) is 20.1 Å². The lowest BCUT2D eigenvalue weighted by Crippen LogP contribution is -2.48. The fraction of sp³-hybridized carbons (Fsp3) is 0.292. The van der Waals surface area contributed by atoms with Crippen LogP contribution in [0.4, 0.5) is 0 Å². The highest BCUT2D eigenvalue weighted by atomic mass is 79.9. The van der Waals surface area contributed by atoms with E-state index in [0.717, 1.165) is 29.9 Å². The number of nitrogens with zero attached hydrogens (tertiary/aromatic N) is 2. The van der Waals surface area contributed by atoms with Gasteiger partial charge in [-0.3, -0.25) is 9.69 Å². The molecule has 2 heterocycles. The molecule has 1 fully saturated rings. The van der Waals surface area contributed by atoms with Crippen LogP contribution >= 0.6 is 15.9 Å². The van der Waals surface area contributed by atoms with Gasteiger partial charge in [0, 0.05) is 37.2 Å². The summed E-state index contributed by atoms with van der Waals surface area (Å²) in [7, 11) is 0. The molecule has 3 aromatic rings. The van der Waals surface area contributed by atoms with Crippen molar-refractivity contribution in [1.82, 2.24) is 9.80 Å². The SMILES string of the molecule is Cc1cccc(CN2CCN(C(=O)c3ccc(COc4ccc(Br)cc4)o3)CC2)c1. The van der Waals surface area contributed by atoms with E-state index in [4.69, 9.17) is 9.15 Å². The van der Waals surface area contributed by atoms with Gasteiger partial charge in [0.25, 0.3) is 5.91 Å². The van der Waals surface area contributed by atoms with E-state index in [1.807, 2.05) is 29.2 Å². The van der Waals surface area contributed by atoms with Crippen LogP contribution in [-0.2, 0) is 13.2 Å². The zero-order valence-electron chi connectivity index (χ0n) is 17.0. The molecule has 2 aromatic carbocycles. The van der Waals surface area contributed by atoms with Crippen molar-refractivity contribution in [3.8, 4) is 5.75 Å². The molecule has 0 atom stereocenters. The Labute approximate surface area is 185 Å². The third-order valence-corrected chi connectivity index (χ3v) is 5.74.